The Morgan fingerprint density at radius 3 is 3.05 bits per heavy atom. The number of nitrogens with zero attached hydrogens (tertiary/aromatic N) is 2. The third kappa shape index (κ3) is 3.89. The monoisotopic (exact) mass is 278 g/mol. The molecule has 2 aromatic heterocycles. The summed E-state index contributed by atoms with van der Waals surface area (Å²) in [6.07, 6.45) is 5.66. The van der Waals surface area contributed by atoms with Crippen LogP contribution in [-0.2, 0) is 24.2 Å². The van der Waals surface area contributed by atoms with E-state index < -0.39 is 0 Å². The second kappa shape index (κ2) is 6.47. The molecule has 6 heteroatoms. The lowest BCUT2D eigenvalue weighted by Gasteiger charge is -2.04. The van der Waals surface area contributed by atoms with Gasteiger partial charge in [-0.1, -0.05) is 6.92 Å². The zero-order valence-corrected chi connectivity index (χ0v) is 12.0. The molecule has 1 amide bonds. The van der Waals surface area contributed by atoms with E-state index in [0.29, 0.717) is 19.4 Å². The van der Waals surface area contributed by atoms with Crippen molar-refractivity contribution in [1.29, 1.82) is 0 Å². The zero-order chi connectivity index (χ0) is 13.7. The Hall–Kier alpha value is -1.69. The highest BCUT2D eigenvalue weighted by atomic mass is 32.1. The summed E-state index contributed by atoms with van der Waals surface area (Å²) in [4.78, 5) is 17.4. The van der Waals surface area contributed by atoms with Crippen molar-refractivity contribution in [2.75, 3.05) is 0 Å². The van der Waals surface area contributed by atoms with Crippen LogP contribution in [0.25, 0.3) is 0 Å². The molecule has 0 bridgehead atoms. The number of carbonyl (C=O) groups excluding carboxylic acids is 1. The summed E-state index contributed by atoms with van der Waals surface area (Å²) in [6.45, 7) is 4.66. The Bertz CT molecular complexity index is 533. The lowest BCUT2D eigenvalue weighted by Crippen LogP contribution is -2.23. The molecule has 0 aliphatic heterocycles. The van der Waals surface area contributed by atoms with Crippen LogP contribution in [-0.4, -0.2) is 21.1 Å². The second-order valence-corrected chi connectivity index (χ2v) is 5.63. The minimum Gasteiger partial charge on any atom is -0.351 e. The third-order valence-corrected chi connectivity index (χ3v) is 3.87. The Labute approximate surface area is 116 Å². The number of H-pyrrole nitrogens is 1. The van der Waals surface area contributed by atoms with Crippen LogP contribution in [0.3, 0.4) is 0 Å². The lowest BCUT2D eigenvalue weighted by atomic mass is 10.2. The van der Waals surface area contributed by atoms with Gasteiger partial charge in [-0.25, -0.2) is 4.98 Å². The molecule has 2 N–H and O–H groups in total. The van der Waals surface area contributed by atoms with E-state index in [1.165, 1.54) is 0 Å². The van der Waals surface area contributed by atoms with Gasteiger partial charge in [-0.2, -0.15) is 5.10 Å². The first-order chi connectivity index (χ1) is 9.19. The van der Waals surface area contributed by atoms with Gasteiger partial charge in [0.1, 0.15) is 0 Å². The highest BCUT2D eigenvalue weighted by Crippen LogP contribution is 2.18. The third-order valence-electron chi connectivity index (χ3n) is 2.86. The fourth-order valence-electron chi connectivity index (χ4n) is 1.87. The highest BCUT2D eigenvalue weighted by Gasteiger charge is 2.09. The predicted octanol–water partition coefficient (Wildman–Crippen LogP) is 1.99. The van der Waals surface area contributed by atoms with Crippen LogP contribution in [0.1, 0.15) is 34.5 Å². The first kappa shape index (κ1) is 13.7. The largest absolute Gasteiger partial charge is 0.351 e. The van der Waals surface area contributed by atoms with E-state index in [9.17, 15) is 4.79 Å². The highest BCUT2D eigenvalue weighted by molar-refractivity contribution is 7.11. The molecule has 0 unspecified atom stereocenters. The van der Waals surface area contributed by atoms with Gasteiger partial charge in [-0.05, 0) is 25.3 Å². The van der Waals surface area contributed by atoms with E-state index in [1.807, 2.05) is 13.1 Å². The van der Waals surface area contributed by atoms with Crippen LogP contribution < -0.4 is 5.32 Å². The maximum Gasteiger partial charge on any atom is 0.220 e. The Morgan fingerprint density at radius 1 is 1.53 bits per heavy atom. The van der Waals surface area contributed by atoms with Gasteiger partial charge in [0.15, 0.2) is 0 Å². The molecular formula is C13H18N4OS. The van der Waals surface area contributed by atoms with E-state index in [4.69, 9.17) is 0 Å². The molecule has 5 nitrogen and oxygen atoms in total. The number of rotatable bonds is 6. The average molecular weight is 278 g/mol. The Kier molecular flexibility index (Phi) is 4.68. The minimum absolute atomic E-state index is 0.0642. The van der Waals surface area contributed by atoms with E-state index >= 15 is 0 Å². The number of nitrogens with one attached hydrogen (secondary N) is 2. The van der Waals surface area contributed by atoms with Gasteiger partial charge < -0.3 is 5.32 Å². The summed E-state index contributed by atoms with van der Waals surface area (Å²) < 4.78 is 0. The van der Waals surface area contributed by atoms with Crippen molar-refractivity contribution in [2.24, 2.45) is 0 Å². The standard InChI is InChI=1S/C13H18N4OS/c1-3-11-12(19-9(2)17-11)8-14-13(18)5-4-10-6-15-16-7-10/h6-7H,3-5,8H2,1-2H3,(H,14,18)(H,15,16). The van der Waals surface area contributed by atoms with Gasteiger partial charge in [0.05, 0.1) is 23.4 Å². The summed E-state index contributed by atoms with van der Waals surface area (Å²) >= 11 is 1.66. The molecule has 2 aromatic rings. The molecule has 0 radical (unpaired) electrons. The molecule has 0 aliphatic carbocycles. The van der Waals surface area contributed by atoms with Gasteiger partial charge in [0.25, 0.3) is 0 Å². The van der Waals surface area contributed by atoms with Crippen molar-refractivity contribution in [3.8, 4) is 0 Å². The molecule has 2 heterocycles. The summed E-state index contributed by atoms with van der Waals surface area (Å²) in [7, 11) is 0. The molecule has 0 aliphatic rings. The fraction of sp³-hybridized carbons (Fsp3) is 0.462. The first-order valence-electron chi connectivity index (χ1n) is 6.38. The van der Waals surface area contributed by atoms with Crippen LogP contribution in [0.15, 0.2) is 12.4 Å². The van der Waals surface area contributed by atoms with Crippen LogP contribution >= 0.6 is 11.3 Å². The molecular weight excluding hydrogens is 260 g/mol. The lowest BCUT2D eigenvalue weighted by molar-refractivity contribution is -0.121. The number of amides is 1. The maximum absolute atomic E-state index is 11.8. The molecule has 0 spiro atoms. The van der Waals surface area contributed by atoms with Crippen LogP contribution in [0.2, 0.25) is 0 Å². The van der Waals surface area contributed by atoms with E-state index in [0.717, 1.165) is 27.6 Å². The quantitative estimate of drug-likeness (QED) is 0.849. The summed E-state index contributed by atoms with van der Waals surface area (Å²) in [5.41, 5.74) is 2.15. The van der Waals surface area contributed by atoms with Crippen LogP contribution in [0.4, 0.5) is 0 Å². The molecule has 0 saturated heterocycles. The average Bonchev–Trinajstić information content (AvgIpc) is 3.02. The normalized spacial score (nSPS) is 10.6. The van der Waals surface area contributed by atoms with Crippen molar-refractivity contribution in [1.82, 2.24) is 20.5 Å². The molecule has 19 heavy (non-hydrogen) atoms. The van der Waals surface area contributed by atoms with Gasteiger partial charge in [0.2, 0.25) is 5.91 Å². The van der Waals surface area contributed by atoms with E-state index in [2.05, 4.69) is 27.4 Å². The number of aromatic amines is 1. The second-order valence-electron chi connectivity index (χ2n) is 4.34. The Balaban J connectivity index is 1.79. The number of hydrogen-bond acceptors (Lipinski definition) is 4. The van der Waals surface area contributed by atoms with E-state index in [1.54, 1.807) is 17.5 Å². The minimum atomic E-state index is 0.0642. The first-order valence-corrected chi connectivity index (χ1v) is 7.20. The smallest absolute Gasteiger partial charge is 0.220 e. The number of aryl methyl sites for hydroxylation is 3. The maximum atomic E-state index is 11.8. The van der Waals surface area contributed by atoms with Gasteiger partial charge >= 0.3 is 0 Å². The van der Waals surface area contributed by atoms with Crippen LogP contribution in [0.5, 0.6) is 0 Å². The predicted molar refractivity (Wildman–Crippen MR) is 75.0 cm³/mol. The zero-order valence-electron chi connectivity index (χ0n) is 11.2. The van der Waals surface area contributed by atoms with Crippen molar-refractivity contribution < 1.29 is 4.79 Å². The SMILES string of the molecule is CCc1nc(C)sc1CNC(=O)CCc1cn[nH]c1. The Morgan fingerprint density at radius 2 is 2.37 bits per heavy atom. The topological polar surface area (TPSA) is 70.7 Å². The molecule has 0 fully saturated rings. The van der Waals surface area contributed by atoms with Gasteiger partial charge in [-0.15, -0.1) is 11.3 Å². The molecule has 0 saturated carbocycles. The fourth-order valence-corrected chi connectivity index (χ4v) is 2.83. The van der Waals surface area contributed by atoms with E-state index in [-0.39, 0.29) is 5.91 Å². The molecule has 2 rings (SSSR count). The molecule has 0 atom stereocenters. The summed E-state index contributed by atoms with van der Waals surface area (Å²) in [5, 5.41) is 10.6. The van der Waals surface area contributed by atoms with Gasteiger partial charge in [-0.3, -0.25) is 9.89 Å². The molecule has 0 aromatic carbocycles. The van der Waals surface area contributed by atoms with Crippen molar-refractivity contribution in [3.63, 3.8) is 0 Å². The number of aromatic nitrogens is 3. The van der Waals surface area contributed by atoms with Crippen molar-refractivity contribution in [3.05, 3.63) is 33.5 Å². The summed E-state index contributed by atoms with van der Waals surface area (Å²) in [5.74, 6) is 0.0642. The van der Waals surface area contributed by atoms with Crippen LogP contribution in [0, 0.1) is 6.92 Å². The van der Waals surface area contributed by atoms with Crippen molar-refractivity contribution in [2.45, 2.75) is 39.7 Å². The summed E-state index contributed by atoms with van der Waals surface area (Å²) in [6, 6.07) is 0. The van der Waals surface area contributed by atoms with Gasteiger partial charge in [0, 0.05) is 17.5 Å². The molecule has 102 valence electrons. The van der Waals surface area contributed by atoms with Crippen molar-refractivity contribution >= 4 is 17.2 Å². The number of carbonyl (C=O) groups is 1. The number of hydrogen-bond donors (Lipinski definition) is 2. The number of thiazole rings is 1.